The minimum absolute atomic E-state index is 0.0703. The highest BCUT2D eigenvalue weighted by atomic mass is 32.2. The predicted molar refractivity (Wildman–Crippen MR) is 126 cm³/mol. The Morgan fingerprint density at radius 1 is 1.03 bits per heavy atom. The van der Waals surface area contributed by atoms with Gasteiger partial charge in [-0.05, 0) is 37.3 Å². The zero-order valence-electron chi connectivity index (χ0n) is 18.6. The minimum atomic E-state index is -0.0703. The van der Waals surface area contributed by atoms with Gasteiger partial charge in [0.1, 0.15) is 16.6 Å². The molecule has 1 aliphatic heterocycles. The number of nitrogens with zero attached hydrogens (tertiary/aromatic N) is 5. The van der Waals surface area contributed by atoms with Crippen molar-refractivity contribution in [2.75, 3.05) is 33.4 Å². The third-order valence-electron chi connectivity index (χ3n) is 5.50. The number of ether oxygens (including phenoxy) is 2. The SMILES string of the molecule is COc1ccc(-c2nnc(C(C)Sc3nc(CN4CCOCC4)nc4ccccc34)o2)cc1. The lowest BCUT2D eigenvalue weighted by molar-refractivity contribution is 0.0330. The molecule has 9 heteroatoms. The molecule has 0 saturated carbocycles. The number of hydrogen-bond donors (Lipinski definition) is 0. The lowest BCUT2D eigenvalue weighted by Crippen LogP contribution is -2.36. The van der Waals surface area contributed by atoms with E-state index in [4.69, 9.17) is 23.9 Å². The van der Waals surface area contributed by atoms with Crippen LogP contribution in [0.1, 0.15) is 23.9 Å². The van der Waals surface area contributed by atoms with Crippen LogP contribution in [0.4, 0.5) is 0 Å². The van der Waals surface area contributed by atoms with Gasteiger partial charge in [0.15, 0.2) is 0 Å². The van der Waals surface area contributed by atoms with Gasteiger partial charge in [0.05, 0.1) is 37.6 Å². The maximum atomic E-state index is 5.99. The summed E-state index contributed by atoms with van der Waals surface area (Å²) in [4.78, 5) is 12.0. The number of morpholine rings is 1. The molecule has 33 heavy (non-hydrogen) atoms. The van der Waals surface area contributed by atoms with Gasteiger partial charge in [-0.1, -0.05) is 30.0 Å². The van der Waals surface area contributed by atoms with Gasteiger partial charge in [0.2, 0.25) is 11.8 Å². The van der Waals surface area contributed by atoms with Crippen LogP contribution in [0, 0.1) is 0 Å². The Labute approximate surface area is 196 Å². The fraction of sp³-hybridized carbons (Fsp3) is 0.333. The van der Waals surface area contributed by atoms with E-state index in [1.54, 1.807) is 18.9 Å². The molecule has 1 saturated heterocycles. The Kier molecular flexibility index (Phi) is 6.52. The molecule has 8 nitrogen and oxygen atoms in total. The lowest BCUT2D eigenvalue weighted by atomic mass is 10.2. The van der Waals surface area contributed by atoms with Gasteiger partial charge in [0, 0.05) is 24.0 Å². The zero-order chi connectivity index (χ0) is 22.6. The van der Waals surface area contributed by atoms with Gasteiger partial charge in [-0.25, -0.2) is 9.97 Å². The summed E-state index contributed by atoms with van der Waals surface area (Å²) in [6, 6.07) is 15.7. The second-order valence-electron chi connectivity index (χ2n) is 7.78. The second-order valence-corrected chi connectivity index (χ2v) is 9.11. The fourth-order valence-corrected chi connectivity index (χ4v) is 4.67. The number of para-hydroxylation sites is 1. The predicted octanol–water partition coefficient (Wildman–Crippen LogP) is 4.37. The summed E-state index contributed by atoms with van der Waals surface area (Å²) >= 11 is 1.61. The molecule has 2 aromatic carbocycles. The van der Waals surface area contributed by atoms with Crippen molar-refractivity contribution in [2.24, 2.45) is 0 Å². The van der Waals surface area contributed by atoms with E-state index in [2.05, 4.69) is 28.1 Å². The third-order valence-corrected chi connectivity index (χ3v) is 6.59. The van der Waals surface area contributed by atoms with Crippen molar-refractivity contribution in [1.29, 1.82) is 0 Å². The van der Waals surface area contributed by atoms with E-state index < -0.39 is 0 Å². The Bertz CT molecular complexity index is 1220. The molecular formula is C24H25N5O3S. The Morgan fingerprint density at radius 2 is 1.82 bits per heavy atom. The van der Waals surface area contributed by atoms with Crippen LogP contribution in [-0.4, -0.2) is 58.5 Å². The van der Waals surface area contributed by atoms with Crippen molar-refractivity contribution in [2.45, 2.75) is 23.7 Å². The molecule has 5 rings (SSSR count). The molecule has 0 N–H and O–H groups in total. The lowest BCUT2D eigenvalue weighted by Gasteiger charge is -2.26. The number of thioether (sulfide) groups is 1. The fourth-order valence-electron chi connectivity index (χ4n) is 3.68. The average molecular weight is 464 g/mol. The monoisotopic (exact) mass is 463 g/mol. The van der Waals surface area contributed by atoms with Crippen LogP contribution in [0.25, 0.3) is 22.4 Å². The quantitative estimate of drug-likeness (QED) is 0.293. The number of hydrogen-bond acceptors (Lipinski definition) is 9. The Hall–Kier alpha value is -3.01. The van der Waals surface area contributed by atoms with E-state index in [0.717, 1.165) is 59.4 Å². The summed E-state index contributed by atoms with van der Waals surface area (Å²) in [7, 11) is 1.64. The van der Waals surface area contributed by atoms with E-state index >= 15 is 0 Å². The summed E-state index contributed by atoms with van der Waals surface area (Å²) in [5, 5.41) is 10.4. The van der Waals surface area contributed by atoms with Gasteiger partial charge in [-0.3, -0.25) is 4.90 Å². The molecular weight excluding hydrogens is 438 g/mol. The molecule has 0 amide bonds. The molecule has 1 atom stereocenters. The van der Waals surface area contributed by atoms with Gasteiger partial charge in [-0.15, -0.1) is 10.2 Å². The highest BCUT2D eigenvalue weighted by Gasteiger charge is 2.20. The summed E-state index contributed by atoms with van der Waals surface area (Å²) < 4.78 is 16.7. The van der Waals surface area contributed by atoms with Crippen LogP contribution in [0.15, 0.2) is 58.0 Å². The molecule has 0 radical (unpaired) electrons. The van der Waals surface area contributed by atoms with Crippen LogP contribution in [0.3, 0.4) is 0 Å². The molecule has 0 aliphatic carbocycles. The van der Waals surface area contributed by atoms with Crippen molar-refractivity contribution in [3.63, 3.8) is 0 Å². The van der Waals surface area contributed by atoms with Gasteiger partial charge >= 0.3 is 0 Å². The second kappa shape index (κ2) is 9.86. The molecule has 0 spiro atoms. The number of aromatic nitrogens is 4. The van der Waals surface area contributed by atoms with E-state index in [0.29, 0.717) is 18.3 Å². The molecule has 2 aromatic heterocycles. The van der Waals surface area contributed by atoms with E-state index in [9.17, 15) is 0 Å². The standard InChI is InChI=1S/C24H25N5O3S/c1-16(22-27-28-23(32-22)17-7-9-18(30-2)10-8-17)33-24-19-5-3-4-6-20(19)25-21(26-24)15-29-11-13-31-14-12-29/h3-10,16H,11-15H2,1-2H3. The number of fused-ring (bicyclic) bond motifs is 1. The number of methoxy groups -OCH3 is 1. The topological polar surface area (TPSA) is 86.4 Å². The Balaban J connectivity index is 1.38. The van der Waals surface area contributed by atoms with Crippen LogP contribution in [0.2, 0.25) is 0 Å². The summed E-state index contributed by atoms with van der Waals surface area (Å²) in [5.74, 6) is 2.64. The van der Waals surface area contributed by atoms with Gasteiger partial charge in [0.25, 0.3) is 0 Å². The molecule has 1 aliphatic rings. The molecule has 0 bridgehead atoms. The maximum Gasteiger partial charge on any atom is 0.247 e. The summed E-state index contributed by atoms with van der Waals surface area (Å²) in [6.45, 7) is 6.04. The maximum absolute atomic E-state index is 5.99. The van der Waals surface area contributed by atoms with E-state index in [-0.39, 0.29) is 5.25 Å². The molecule has 3 heterocycles. The molecule has 1 fully saturated rings. The first kappa shape index (κ1) is 21.8. The molecule has 1 unspecified atom stereocenters. The van der Waals surface area contributed by atoms with Crippen LogP contribution >= 0.6 is 11.8 Å². The van der Waals surface area contributed by atoms with Crippen molar-refractivity contribution in [3.8, 4) is 17.2 Å². The van der Waals surface area contributed by atoms with Crippen molar-refractivity contribution in [1.82, 2.24) is 25.1 Å². The van der Waals surface area contributed by atoms with Gasteiger partial charge < -0.3 is 13.9 Å². The van der Waals surface area contributed by atoms with E-state index in [1.807, 2.05) is 42.5 Å². The number of benzene rings is 2. The zero-order valence-corrected chi connectivity index (χ0v) is 19.4. The summed E-state index contributed by atoms with van der Waals surface area (Å²) in [6.07, 6.45) is 0. The van der Waals surface area contributed by atoms with E-state index in [1.165, 1.54) is 0 Å². The Morgan fingerprint density at radius 3 is 2.61 bits per heavy atom. The van der Waals surface area contributed by atoms with Crippen molar-refractivity contribution in [3.05, 3.63) is 60.2 Å². The first-order chi connectivity index (χ1) is 16.2. The first-order valence-corrected chi connectivity index (χ1v) is 11.8. The van der Waals surface area contributed by atoms with Crippen LogP contribution in [0.5, 0.6) is 5.75 Å². The minimum Gasteiger partial charge on any atom is -0.497 e. The first-order valence-electron chi connectivity index (χ1n) is 10.9. The average Bonchev–Trinajstić information content (AvgIpc) is 3.35. The number of rotatable bonds is 7. The van der Waals surface area contributed by atoms with Crippen LogP contribution in [-0.2, 0) is 11.3 Å². The summed E-state index contributed by atoms with van der Waals surface area (Å²) in [5.41, 5.74) is 1.79. The van der Waals surface area contributed by atoms with Crippen molar-refractivity contribution < 1.29 is 13.9 Å². The highest BCUT2D eigenvalue weighted by molar-refractivity contribution is 7.99. The molecule has 4 aromatic rings. The highest BCUT2D eigenvalue weighted by Crippen LogP contribution is 2.37. The third kappa shape index (κ3) is 5.00. The van der Waals surface area contributed by atoms with Crippen molar-refractivity contribution >= 4 is 22.7 Å². The van der Waals surface area contributed by atoms with Crippen LogP contribution < -0.4 is 4.74 Å². The smallest absolute Gasteiger partial charge is 0.247 e. The largest absolute Gasteiger partial charge is 0.497 e. The normalized spacial score (nSPS) is 15.6. The van der Waals surface area contributed by atoms with Gasteiger partial charge in [-0.2, -0.15) is 0 Å². The molecule has 170 valence electrons.